The zero-order valence-corrected chi connectivity index (χ0v) is 9.92. The maximum atomic E-state index is 5.41. The van der Waals surface area contributed by atoms with Gasteiger partial charge in [-0.05, 0) is 18.2 Å². The van der Waals surface area contributed by atoms with Crippen molar-refractivity contribution in [3.05, 3.63) is 18.2 Å². The van der Waals surface area contributed by atoms with Crippen LogP contribution in [0.15, 0.2) is 18.2 Å². The van der Waals surface area contributed by atoms with E-state index < -0.39 is 0 Å². The largest absolute Gasteiger partial charge is 0.495 e. The molecular formula is C12H19N3O. The second-order valence-corrected chi connectivity index (χ2v) is 3.87. The molecule has 0 bridgehead atoms. The van der Waals surface area contributed by atoms with Crippen molar-refractivity contribution in [2.75, 3.05) is 50.6 Å². The normalized spacial score (nSPS) is 16.0. The lowest BCUT2D eigenvalue weighted by Crippen LogP contribution is -2.43. The van der Waals surface area contributed by atoms with Gasteiger partial charge in [0, 0.05) is 38.9 Å². The van der Waals surface area contributed by atoms with Crippen molar-refractivity contribution in [2.45, 2.75) is 0 Å². The Balaban J connectivity index is 2.27. The van der Waals surface area contributed by atoms with Crippen LogP contribution in [0.3, 0.4) is 0 Å². The summed E-state index contributed by atoms with van der Waals surface area (Å²) in [5, 5.41) is 6.51. The average Bonchev–Trinajstić information content (AvgIpc) is 2.39. The first kappa shape index (κ1) is 11.1. The quantitative estimate of drug-likeness (QED) is 0.802. The van der Waals surface area contributed by atoms with Gasteiger partial charge in [0.2, 0.25) is 0 Å². The van der Waals surface area contributed by atoms with Crippen LogP contribution < -0.4 is 20.3 Å². The third-order valence-corrected chi connectivity index (χ3v) is 2.93. The van der Waals surface area contributed by atoms with Gasteiger partial charge in [0.15, 0.2) is 0 Å². The van der Waals surface area contributed by atoms with Gasteiger partial charge >= 0.3 is 0 Å². The fraction of sp³-hybridized carbons (Fsp3) is 0.500. The van der Waals surface area contributed by atoms with Crippen LogP contribution in [0.1, 0.15) is 0 Å². The standard InChI is InChI=1S/C12H19N3O/c1-13-10-3-4-12(16-2)11(9-10)15-7-5-14-6-8-15/h3-4,9,13-14H,5-8H2,1-2H3. The van der Waals surface area contributed by atoms with Crippen molar-refractivity contribution in [1.29, 1.82) is 0 Å². The maximum absolute atomic E-state index is 5.41. The van der Waals surface area contributed by atoms with Gasteiger partial charge in [0.1, 0.15) is 5.75 Å². The molecule has 4 heteroatoms. The van der Waals surface area contributed by atoms with Crippen LogP contribution >= 0.6 is 0 Å². The number of benzene rings is 1. The van der Waals surface area contributed by atoms with Crippen LogP contribution in [-0.2, 0) is 0 Å². The molecule has 0 saturated carbocycles. The monoisotopic (exact) mass is 221 g/mol. The molecule has 1 aliphatic rings. The Kier molecular flexibility index (Phi) is 3.51. The molecule has 0 radical (unpaired) electrons. The number of methoxy groups -OCH3 is 1. The number of hydrogen-bond donors (Lipinski definition) is 2. The molecule has 0 unspecified atom stereocenters. The summed E-state index contributed by atoms with van der Waals surface area (Å²) in [5.41, 5.74) is 2.30. The van der Waals surface area contributed by atoms with E-state index in [1.54, 1.807) is 7.11 Å². The molecule has 1 aromatic rings. The number of hydrogen-bond acceptors (Lipinski definition) is 4. The molecule has 0 atom stereocenters. The molecule has 0 aliphatic carbocycles. The highest BCUT2D eigenvalue weighted by atomic mass is 16.5. The van der Waals surface area contributed by atoms with Crippen LogP contribution in [0.2, 0.25) is 0 Å². The molecular weight excluding hydrogens is 202 g/mol. The molecule has 0 aromatic heterocycles. The fourth-order valence-corrected chi connectivity index (χ4v) is 2.00. The van der Waals surface area contributed by atoms with Crippen molar-refractivity contribution < 1.29 is 4.74 Å². The van der Waals surface area contributed by atoms with Crippen molar-refractivity contribution in [2.24, 2.45) is 0 Å². The van der Waals surface area contributed by atoms with E-state index >= 15 is 0 Å². The van der Waals surface area contributed by atoms with Crippen molar-refractivity contribution in [1.82, 2.24) is 5.32 Å². The first-order chi connectivity index (χ1) is 7.85. The third-order valence-electron chi connectivity index (χ3n) is 2.93. The van der Waals surface area contributed by atoms with Crippen molar-refractivity contribution in [3.63, 3.8) is 0 Å². The minimum atomic E-state index is 0.945. The molecule has 0 spiro atoms. The molecule has 1 fully saturated rings. The van der Waals surface area contributed by atoms with Crippen molar-refractivity contribution in [3.8, 4) is 5.75 Å². The van der Waals surface area contributed by atoms with Crippen LogP contribution in [0.25, 0.3) is 0 Å². The van der Waals surface area contributed by atoms with Gasteiger partial charge in [-0.2, -0.15) is 0 Å². The summed E-state index contributed by atoms with van der Waals surface area (Å²) in [6.07, 6.45) is 0. The lowest BCUT2D eigenvalue weighted by atomic mass is 10.2. The van der Waals surface area contributed by atoms with E-state index in [-0.39, 0.29) is 0 Å². The molecule has 1 aliphatic heterocycles. The molecule has 1 heterocycles. The molecule has 88 valence electrons. The molecule has 0 amide bonds. The first-order valence-electron chi connectivity index (χ1n) is 5.66. The van der Waals surface area contributed by atoms with Crippen LogP contribution in [-0.4, -0.2) is 40.3 Å². The maximum Gasteiger partial charge on any atom is 0.142 e. The highest BCUT2D eigenvalue weighted by molar-refractivity contribution is 5.66. The predicted molar refractivity (Wildman–Crippen MR) is 67.6 cm³/mol. The lowest BCUT2D eigenvalue weighted by molar-refractivity contribution is 0.413. The predicted octanol–water partition coefficient (Wildman–Crippen LogP) is 1.15. The summed E-state index contributed by atoms with van der Waals surface area (Å²) < 4.78 is 5.41. The van der Waals surface area contributed by atoms with Crippen molar-refractivity contribution >= 4 is 11.4 Å². The second kappa shape index (κ2) is 5.07. The van der Waals surface area contributed by atoms with E-state index in [4.69, 9.17) is 4.74 Å². The number of nitrogens with zero attached hydrogens (tertiary/aromatic N) is 1. The second-order valence-electron chi connectivity index (χ2n) is 3.87. The number of piperazine rings is 1. The molecule has 1 saturated heterocycles. The van der Waals surface area contributed by atoms with Crippen LogP contribution in [0, 0.1) is 0 Å². The van der Waals surface area contributed by atoms with Gasteiger partial charge in [0.25, 0.3) is 0 Å². The minimum Gasteiger partial charge on any atom is -0.495 e. The summed E-state index contributed by atoms with van der Waals surface area (Å²) in [6.45, 7) is 4.13. The molecule has 4 nitrogen and oxygen atoms in total. The van der Waals surface area contributed by atoms with Gasteiger partial charge < -0.3 is 20.3 Å². The van der Waals surface area contributed by atoms with E-state index in [9.17, 15) is 0 Å². The van der Waals surface area contributed by atoms with Crippen LogP contribution in [0.5, 0.6) is 5.75 Å². The minimum absolute atomic E-state index is 0.945. The zero-order chi connectivity index (χ0) is 11.4. The summed E-state index contributed by atoms with van der Waals surface area (Å²) in [5.74, 6) is 0.945. The Morgan fingerprint density at radius 3 is 2.69 bits per heavy atom. The zero-order valence-electron chi connectivity index (χ0n) is 9.92. The summed E-state index contributed by atoms with van der Waals surface area (Å²) in [7, 11) is 3.66. The summed E-state index contributed by atoms with van der Waals surface area (Å²) in [6, 6.07) is 6.19. The fourth-order valence-electron chi connectivity index (χ4n) is 2.00. The van der Waals surface area contributed by atoms with Gasteiger partial charge in [-0.15, -0.1) is 0 Å². The van der Waals surface area contributed by atoms with Crippen LogP contribution in [0.4, 0.5) is 11.4 Å². The number of ether oxygens (including phenoxy) is 1. The van der Waals surface area contributed by atoms with E-state index in [0.29, 0.717) is 0 Å². The van der Waals surface area contributed by atoms with Gasteiger partial charge in [-0.25, -0.2) is 0 Å². The first-order valence-corrected chi connectivity index (χ1v) is 5.66. The highest BCUT2D eigenvalue weighted by Crippen LogP contribution is 2.31. The SMILES string of the molecule is CNc1ccc(OC)c(N2CCNCC2)c1. The van der Waals surface area contributed by atoms with Gasteiger partial charge in [-0.3, -0.25) is 0 Å². The summed E-state index contributed by atoms with van der Waals surface area (Å²) >= 11 is 0. The van der Waals surface area contributed by atoms with E-state index in [1.807, 2.05) is 19.2 Å². The Morgan fingerprint density at radius 1 is 1.31 bits per heavy atom. The third kappa shape index (κ3) is 2.22. The molecule has 2 rings (SSSR count). The average molecular weight is 221 g/mol. The number of rotatable bonds is 3. The van der Waals surface area contributed by atoms with Gasteiger partial charge in [0.05, 0.1) is 12.8 Å². The molecule has 16 heavy (non-hydrogen) atoms. The number of anilines is 2. The Hall–Kier alpha value is -1.42. The topological polar surface area (TPSA) is 36.5 Å². The molecule has 2 N–H and O–H groups in total. The Bertz CT molecular complexity index is 348. The van der Waals surface area contributed by atoms with E-state index in [1.165, 1.54) is 5.69 Å². The highest BCUT2D eigenvalue weighted by Gasteiger charge is 2.14. The smallest absolute Gasteiger partial charge is 0.142 e. The Morgan fingerprint density at radius 2 is 2.06 bits per heavy atom. The molecule has 1 aromatic carbocycles. The summed E-state index contributed by atoms with van der Waals surface area (Å²) in [4.78, 5) is 2.36. The van der Waals surface area contributed by atoms with Gasteiger partial charge in [-0.1, -0.05) is 0 Å². The van der Waals surface area contributed by atoms with E-state index in [0.717, 1.165) is 37.6 Å². The number of nitrogens with one attached hydrogen (secondary N) is 2. The Labute approximate surface area is 96.6 Å². The van der Waals surface area contributed by atoms with E-state index in [2.05, 4.69) is 21.6 Å². The lowest BCUT2D eigenvalue weighted by Gasteiger charge is -2.30.